The van der Waals surface area contributed by atoms with Gasteiger partial charge in [0.1, 0.15) is 5.75 Å². The number of hydrogen-bond acceptors (Lipinski definition) is 2. The zero-order valence-corrected chi connectivity index (χ0v) is 14.8. The van der Waals surface area contributed by atoms with E-state index in [4.69, 9.17) is 5.73 Å². The molecule has 2 aromatic rings. The molecule has 0 saturated carbocycles. The van der Waals surface area contributed by atoms with Crippen LogP contribution in [0.5, 0.6) is 5.75 Å². The van der Waals surface area contributed by atoms with Gasteiger partial charge in [0.2, 0.25) is 0 Å². The third-order valence-corrected chi connectivity index (χ3v) is 2.90. The highest BCUT2D eigenvalue weighted by Crippen LogP contribution is 2.22. The molecule has 0 unspecified atom stereocenters. The number of nitrogens with two attached hydrogens (primary N) is 1. The number of benzene rings is 2. The molecule has 0 aliphatic carbocycles. The Morgan fingerprint density at radius 1 is 1.22 bits per heavy atom. The van der Waals surface area contributed by atoms with Gasteiger partial charge < -0.3 is 15.8 Å². The molecule has 0 aliphatic rings. The molecule has 0 fully saturated rings. The second-order valence-corrected chi connectivity index (χ2v) is 4.68. The second kappa shape index (κ2) is 9.29. The topological polar surface area (TPSA) is 59.6 Å². The first-order valence-electron chi connectivity index (χ1n) is 6.71. The van der Waals surface area contributed by atoms with Gasteiger partial charge in [0.25, 0.3) is 0 Å². The predicted octanol–water partition coefficient (Wildman–Crippen LogP) is 4.14. The lowest BCUT2D eigenvalue weighted by molar-refractivity contribution is -0.0504. The van der Waals surface area contributed by atoms with Crippen LogP contribution >= 0.6 is 24.0 Å². The molecule has 3 N–H and O–H groups in total. The number of aryl methyl sites for hydroxylation is 1. The van der Waals surface area contributed by atoms with Gasteiger partial charge in [-0.2, -0.15) is 8.78 Å². The summed E-state index contributed by atoms with van der Waals surface area (Å²) < 4.78 is 29.3. The zero-order valence-electron chi connectivity index (χ0n) is 12.5. The highest BCUT2D eigenvalue weighted by Gasteiger charge is 2.09. The molecule has 0 aromatic heterocycles. The third-order valence-electron chi connectivity index (χ3n) is 2.90. The van der Waals surface area contributed by atoms with E-state index in [1.807, 2.05) is 37.3 Å². The molecule has 0 heterocycles. The van der Waals surface area contributed by atoms with Crippen molar-refractivity contribution in [3.8, 4) is 5.75 Å². The highest BCUT2D eigenvalue weighted by atomic mass is 127. The van der Waals surface area contributed by atoms with Crippen LogP contribution in [0.15, 0.2) is 53.5 Å². The lowest BCUT2D eigenvalue weighted by Gasteiger charge is -2.11. The van der Waals surface area contributed by atoms with Crippen LogP contribution in [0.3, 0.4) is 0 Å². The summed E-state index contributed by atoms with van der Waals surface area (Å²) in [6, 6.07) is 14.3. The van der Waals surface area contributed by atoms with Gasteiger partial charge in [0.05, 0.1) is 6.54 Å². The highest BCUT2D eigenvalue weighted by molar-refractivity contribution is 14.0. The summed E-state index contributed by atoms with van der Waals surface area (Å²) in [7, 11) is 0. The zero-order chi connectivity index (χ0) is 15.9. The maximum absolute atomic E-state index is 12.4. The molecule has 0 spiro atoms. The van der Waals surface area contributed by atoms with Crippen LogP contribution in [0.2, 0.25) is 0 Å². The van der Waals surface area contributed by atoms with Gasteiger partial charge in [0.15, 0.2) is 5.96 Å². The average Bonchev–Trinajstić information content (AvgIpc) is 2.48. The Morgan fingerprint density at radius 2 is 1.91 bits per heavy atom. The van der Waals surface area contributed by atoms with Gasteiger partial charge in [-0.05, 0) is 25.1 Å². The van der Waals surface area contributed by atoms with Crippen LogP contribution in [0.4, 0.5) is 14.5 Å². The Kier molecular flexibility index (Phi) is 7.73. The molecule has 0 amide bonds. The smallest absolute Gasteiger partial charge is 0.387 e. The van der Waals surface area contributed by atoms with E-state index in [1.54, 1.807) is 12.1 Å². The summed E-state index contributed by atoms with van der Waals surface area (Å²) in [5.41, 5.74) is 8.08. The lowest BCUT2D eigenvalue weighted by Crippen LogP contribution is -2.22. The van der Waals surface area contributed by atoms with Crippen molar-refractivity contribution in [1.82, 2.24) is 0 Å². The van der Waals surface area contributed by atoms with Crippen molar-refractivity contribution >= 4 is 35.6 Å². The lowest BCUT2D eigenvalue weighted by atomic mass is 10.1. The number of halogens is 3. The number of para-hydroxylation sites is 1. The Morgan fingerprint density at radius 3 is 2.57 bits per heavy atom. The van der Waals surface area contributed by atoms with Crippen LogP contribution < -0.4 is 15.8 Å². The Labute approximate surface area is 150 Å². The first-order chi connectivity index (χ1) is 10.5. The van der Waals surface area contributed by atoms with Crippen LogP contribution in [0, 0.1) is 6.92 Å². The van der Waals surface area contributed by atoms with Crippen molar-refractivity contribution in [3.05, 3.63) is 59.7 Å². The maximum atomic E-state index is 12.4. The Balaban J connectivity index is 0.00000264. The minimum atomic E-state index is -2.87. The monoisotopic (exact) mass is 433 g/mol. The Bertz CT molecular complexity index is 651. The van der Waals surface area contributed by atoms with Crippen molar-refractivity contribution in [1.29, 1.82) is 0 Å². The molecule has 124 valence electrons. The minimum Gasteiger partial charge on any atom is -0.434 e. The van der Waals surface area contributed by atoms with E-state index in [0.29, 0.717) is 5.56 Å². The van der Waals surface area contributed by atoms with E-state index < -0.39 is 6.61 Å². The van der Waals surface area contributed by atoms with Crippen LogP contribution in [0.1, 0.15) is 11.1 Å². The van der Waals surface area contributed by atoms with Gasteiger partial charge in [-0.25, -0.2) is 4.99 Å². The van der Waals surface area contributed by atoms with Crippen molar-refractivity contribution in [3.63, 3.8) is 0 Å². The molecule has 4 nitrogen and oxygen atoms in total. The SMILES string of the molecule is Cc1ccc(OC(F)F)c(CN=C(N)Nc2ccccc2)c1.I. The van der Waals surface area contributed by atoms with Gasteiger partial charge in [-0.3, -0.25) is 0 Å². The number of nitrogens with zero attached hydrogens (tertiary/aromatic N) is 1. The van der Waals surface area contributed by atoms with Gasteiger partial charge in [0, 0.05) is 11.3 Å². The molecule has 0 saturated heterocycles. The molecule has 0 atom stereocenters. The summed E-state index contributed by atoms with van der Waals surface area (Å²) in [4.78, 5) is 4.16. The largest absolute Gasteiger partial charge is 0.434 e. The summed E-state index contributed by atoms with van der Waals surface area (Å²) in [6.07, 6.45) is 0. The number of alkyl halides is 2. The fourth-order valence-electron chi connectivity index (χ4n) is 1.92. The second-order valence-electron chi connectivity index (χ2n) is 4.68. The van der Waals surface area contributed by atoms with E-state index in [-0.39, 0.29) is 42.2 Å². The number of ether oxygens (including phenoxy) is 1. The van der Waals surface area contributed by atoms with Gasteiger partial charge in [-0.15, -0.1) is 24.0 Å². The van der Waals surface area contributed by atoms with Crippen molar-refractivity contribution in [2.45, 2.75) is 20.1 Å². The first-order valence-corrected chi connectivity index (χ1v) is 6.71. The Hall–Kier alpha value is -1.90. The van der Waals surface area contributed by atoms with Crippen LogP contribution in [-0.2, 0) is 6.54 Å². The molecule has 0 radical (unpaired) electrons. The molecular weight excluding hydrogens is 415 g/mol. The van der Waals surface area contributed by atoms with Crippen LogP contribution in [0.25, 0.3) is 0 Å². The van der Waals surface area contributed by atoms with Gasteiger partial charge >= 0.3 is 6.61 Å². The van der Waals surface area contributed by atoms with E-state index >= 15 is 0 Å². The normalized spacial score (nSPS) is 11.0. The molecule has 2 rings (SSSR count). The molecule has 0 bridgehead atoms. The molecule has 0 aliphatic heterocycles. The van der Waals surface area contributed by atoms with Crippen molar-refractivity contribution in [2.75, 3.05) is 5.32 Å². The number of aliphatic imine (C=N–C) groups is 1. The first kappa shape index (κ1) is 19.1. The van der Waals surface area contributed by atoms with E-state index in [2.05, 4.69) is 15.0 Å². The standard InChI is InChI=1S/C16H17F2N3O.HI/c1-11-7-8-14(22-15(17)18)12(9-11)10-20-16(19)21-13-5-3-2-4-6-13;/h2-9,15H,10H2,1H3,(H3,19,20,21);1H. The summed E-state index contributed by atoms with van der Waals surface area (Å²) in [6.45, 7) is -0.856. The predicted molar refractivity (Wildman–Crippen MR) is 98.6 cm³/mol. The van der Waals surface area contributed by atoms with Crippen molar-refractivity contribution in [2.24, 2.45) is 10.7 Å². The number of nitrogens with one attached hydrogen (secondary N) is 1. The summed E-state index contributed by atoms with van der Waals surface area (Å²) >= 11 is 0. The number of hydrogen-bond donors (Lipinski definition) is 2. The summed E-state index contributed by atoms with van der Waals surface area (Å²) in [5, 5.41) is 2.93. The quantitative estimate of drug-likeness (QED) is 0.424. The maximum Gasteiger partial charge on any atom is 0.387 e. The van der Waals surface area contributed by atoms with Gasteiger partial charge in [-0.1, -0.05) is 35.9 Å². The number of anilines is 1. The van der Waals surface area contributed by atoms with E-state index in [1.165, 1.54) is 6.07 Å². The third kappa shape index (κ3) is 6.39. The van der Waals surface area contributed by atoms with E-state index in [0.717, 1.165) is 11.3 Å². The number of rotatable bonds is 5. The van der Waals surface area contributed by atoms with E-state index in [9.17, 15) is 8.78 Å². The summed E-state index contributed by atoms with van der Waals surface area (Å²) in [5.74, 6) is 0.313. The fourth-order valence-corrected chi connectivity index (χ4v) is 1.92. The molecule has 7 heteroatoms. The molecule has 23 heavy (non-hydrogen) atoms. The van der Waals surface area contributed by atoms with Crippen LogP contribution in [-0.4, -0.2) is 12.6 Å². The molecular formula is C16H18F2IN3O. The molecule has 2 aromatic carbocycles. The fraction of sp³-hybridized carbons (Fsp3) is 0.188. The number of guanidine groups is 1. The van der Waals surface area contributed by atoms with Crippen molar-refractivity contribution < 1.29 is 13.5 Å². The average molecular weight is 433 g/mol. The minimum absolute atomic E-state index is 0.